The van der Waals surface area contributed by atoms with E-state index in [0.717, 1.165) is 0 Å². The smallest absolute Gasteiger partial charge is 0.352 e. The van der Waals surface area contributed by atoms with Crippen LogP contribution in [0.15, 0.2) is 30.3 Å². The van der Waals surface area contributed by atoms with E-state index in [-0.39, 0.29) is 17.8 Å². The fourth-order valence-electron chi connectivity index (χ4n) is 1.83. The molecule has 4 nitrogen and oxygen atoms in total. The van der Waals surface area contributed by atoms with E-state index in [0.29, 0.717) is 0 Å². The summed E-state index contributed by atoms with van der Waals surface area (Å²) in [6.45, 7) is 6.04. The quantitative estimate of drug-likeness (QED) is 0.459. The predicted molar refractivity (Wildman–Crippen MR) is 80.4 cm³/mol. The Balaban J connectivity index is 3.13. The molecule has 1 rings (SSSR count). The second-order valence-electron chi connectivity index (χ2n) is 6.20. The highest BCUT2D eigenvalue weighted by Crippen LogP contribution is 2.28. The molecule has 0 spiro atoms. The maximum atomic E-state index is 15.2. The van der Waals surface area contributed by atoms with Gasteiger partial charge in [-0.1, -0.05) is 30.3 Å². The molecular weight excluding hydrogens is 287 g/mol. The van der Waals surface area contributed by atoms with Gasteiger partial charge in [0.15, 0.2) is 0 Å². The van der Waals surface area contributed by atoms with Gasteiger partial charge in [0.2, 0.25) is 5.78 Å². The second kappa shape index (κ2) is 6.81. The zero-order chi connectivity index (χ0) is 17.0. The maximum absolute atomic E-state index is 15.2. The number of alkyl halides is 1. The van der Waals surface area contributed by atoms with Crippen molar-refractivity contribution in [3.8, 4) is 0 Å². The molecule has 0 bridgehead atoms. The normalized spacial score (nSPS) is 14.0. The predicted octanol–water partition coefficient (Wildman–Crippen LogP) is 3.29. The van der Waals surface area contributed by atoms with Crippen LogP contribution < -0.4 is 0 Å². The minimum Gasteiger partial charge on any atom is -0.457 e. The molecule has 0 aliphatic heterocycles. The van der Waals surface area contributed by atoms with Crippen LogP contribution in [0.4, 0.5) is 4.39 Å². The summed E-state index contributed by atoms with van der Waals surface area (Å²) in [6, 6.07) is 7.69. The molecule has 0 amide bonds. The fraction of sp³-hybridized carbons (Fsp3) is 0.471. The molecule has 0 fully saturated rings. The van der Waals surface area contributed by atoms with E-state index in [1.807, 2.05) is 0 Å². The lowest BCUT2D eigenvalue weighted by molar-refractivity contribution is -0.166. The van der Waals surface area contributed by atoms with Gasteiger partial charge in [0.1, 0.15) is 11.4 Å². The number of halogens is 1. The lowest BCUT2D eigenvalue weighted by Gasteiger charge is -2.27. The van der Waals surface area contributed by atoms with Crippen LogP contribution in [0.2, 0.25) is 0 Å². The molecule has 1 unspecified atom stereocenters. The first-order valence-electron chi connectivity index (χ1n) is 7.08. The van der Waals surface area contributed by atoms with Gasteiger partial charge in [-0.3, -0.25) is 4.79 Å². The number of benzene rings is 1. The molecule has 1 aromatic carbocycles. The van der Waals surface area contributed by atoms with Crippen molar-refractivity contribution in [2.45, 2.75) is 51.8 Å². The number of hydrogen-bond acceptors (Lipinski definition) is 4. The van der Waals surface area contributed by atoms with Crippen LogP contribution in [0, 0.1) is 0 Å². The maximum Gasteiger partial charge on any atom is 0.352 e. The third-order valence-electron chi connectivity index (χ3n) is 2.94. The van der Waals surface area contributed by atoms with Crippen LogP contribution >= 0.6 is 0 Å². The molecule has 0 aliphatic rings. The Morgan fingerprint density at radius 3 is 2.09 bits per heavy atom. The number of ether oxygens (including phenoxy) is 1. The minimum absolute atomic E-state index is 0.0689. The zero-order valence-corrected chi connectivity index (χ0v) is 13.3. The van der Waals surface area contributed by atoms with Crippen LogP contribution in [0.5, 0.6) is 0 Å². The molecule has 22 heavy (non-hydrogen) atoms. The summed E-state index contributed by atoms with van der Waals surface area (Å²) >= 11 is 0. The highest BCUT2D eigenvalue weighted by molar-refractivity contribution is 6.15. The van der Waals surface area contributed by atoms with Crippen molar-refractivity contribution >= 4 is 17.5 Å². The molecule has 1 atom stereocenters. The van der Waals surface area contributed by atoms with Gasteiger partial charge in [-0.15, -0.1) is 0 Å². The first-order chi connectivity index (χ1) is 10.1. The van der Waals surface area contributed by atoms with Gasteiger partial charge < -0.3 is 9.53 Å². The first-order valence-corrected chi connectivity index (χ1v) is 7.08. The monoisotopic (exact) mass is 308 g/mol. The Bertz CT molecular complexity index is 560. The highest BCUT2D eigenvalue weighted by atomic mass is 19.1. The third-order valence-corrected chi connectivity index (χ3v) is 2.94. The van der Waals surface area contributed by atoms with Crippen LogP contribution in [0.3, 0.4) is 0 Å². The van der Waals surface area contributed by atoms with E-state index in [2.05, 4.69) is 0 Å². The van der Waals surface area contributed by atoms with Gasteiger partial charge in [-0.2, -0.15) is 0 Å². The van der Waals surface area contributed by atoms with E-state index in [9.17, 15) is 14.4 Å². The van der Waals surface area contributed by atoms with Crippen molar-refractivity contribution in [3.05, 3.63) is 35.9 Å². The number of ketones is 2. The second-order valence-corrected chi connectivity index (χ2v) is 6.20. The Morgan fingerprint density at radius 1 is 1.09 bits per heavy atom. The minimum atomic E-state index is -2.86. The van der Waals surface area contributed by atoms with E-state index >= 15 is 4.39 Å². The Hall–Kier alpha value is -2.04. The van der Waals surface area contributed by atoms with Crippen LogP contribution in [0.1, 0.15) is 50.9 Å². The van der Waals surface area contributed by atoms with Crippen LogP contribution in [0.25, 0.3) is 0 Å². The van der Waals surface area contributed by atoms with Gasteiger partial charge in [0.25, 0.3) is 5.67 Å². The number of Topliss-reactive ketones (excluding diaryl/α,β-unsaturated/α-hetero) is 2. The molecule has 0 saturated carbocycles. The van der Waals surface area contributed by atoms with Crippen molar-refractivity contribution in [2.75, 3.05) is 0 Å². The molecule has 120 valence electrons. The average Bonchev–Trinajstić information content (AvgIpc) is 2.43. The van der Waals surface area contributed by atoms with Gasteiger partial charge in [-0.25, -0.2) is 9.18 Å². The summed E-state index contributed by atoms with van der Waals surface area (Å²) in [4.78, 5) is 35.7. The van der Waals surface area contributed by atoms with Crippen molar-refractivity contribution in [1.29, 1.82) is 0 Å². The van der Waals surface area contributed by atoms with Gasteiger partial charge in [0.05, 0.1) is 0 Å². The summed E-state index contributed by atoms with van der Waals surface area (Å²) in [5.41, 5.74) is -3.72. The van der Waals surface area contributed by atoms with Crippen LogP contribution in [-0.2, 0) is 14.3 Å². The lowest BCUT2D eigenvalue weighted by Crippen LogP contribution is -2.46. The SMILES string of the molecule is CC(=O)CCC(F)(C(=O)OC(C)(C)C)C(=O)c1ccccc1. The molecule has 0 heterocycles. The summed E-state index contributed by atoms with van der Waals surface area (Å²) in [6.07, 6.45) is -0.737. The third kappa shape index (κ3) is 4.76. The molecule has 0 N–H and O–H groups in total. The van der Waals surface area contributed by atoms with E-state index in [1.54, 1.807) is 39.0 Å². The van der Waals surface area contributed by atoms with Crippen molar-refractivity contribution < 1.29 is 23.5 Å². The number of rotatable bonds is 6. The number of hydrogen-bond donors (Lipinski definition) is 0. The summed E-state index contributed by atoms with van der Waals surface area (Å²) < 4.78 is 20.2. The molecule has 5 heteroatoms. The Labute approximate surface area is 129 Å². The largest absolute Gasteiger partial charge is 0.457 e. The number of carbonyl (C=O) groups is 3. The molecular formula is C17H21FO4. The average molecular weight is 308 g/mol. The van der Waals surface area contributed by atoms with Gasteiger partial charge in [0, 0.05) is 18.4 Å². The highest BCUT2D eigenvalue weighted by Gasteiger charge is 2.49. The molecule has 1 aromatic rings. The Kier molecular flexibility index (Phi) is 5.58. The van der Waals surface area contributed by atoms with Crippen molar-refractivity contribution in [2.24, 2.45) is 0 Å². The van der Waals surface area contributed by atoms with Crippen molar-refractivity contribution in [3.63, 3.8) is 0 Å². The van der Waals surface area contributed by atoms with E-state index in [4.69, 9.17) is 4.74 Å². The van der Waals surface area contributed by atoms with Crippen molar-refractivity contribution in [1.82, 2.24) is 0 Å². The molecule has 0 radical (unpaired) electrons. The first kappa shape index (κ1) is 18.0. The van der Waals surface area contributed by atoms with E-state index < -0.39 is 29.4 Å². The topological polar surface area (TPSA) is 60.4 Å². The van der Waals surface area contributed by atoms with Gasteiger partial charge >= 0.3 is 5.97 Å². The Morgan fingerprint density at radius 2 is 1.64 bits per heavy atom. The fourth-order valence-corrected chi connectivity index (χ4v) is 1.83. The number of esters is 1. The molecule has 0 aliphatic carbocycles. The summed E-state index contributed by atoms with van der Waals surface area (Å²) in [7, 11) is 0. The molecule has 0 saturated heterocycles. The van der Waals surface area contributed by atoms with E-state index in [1.165, 1.54) is 19.1 Å². The number of carbonyl (C=O) groups excluding carboxylic acids is 3. The zero-order valence-electron chi connectivity index (χ0n) is 13.3. The van der Waals surface area contributed by atoms with Crippen LogP contribution in [-0.4, -0.2) is 28.8 Å². The lowest BCUT2D eigenvalue weighted by atomic mass is 9.89. The van der Waals surface area contributed by atoms with Gasteiger partial charge in [-0.05, 0) is 27.7 Å². The standard InChI is InChI=1S/C17H21FO4/c1-12(19)10-11-17(18,15(21)22-16(2,3)4)14(20)13-8-6-5-7-9-13/h5-9H,10-11H2,1-4H3. The summed E-state index contributed by atoms with van der Waals surface area (Å²) in [5.74, 6) is -2.54. The summed E-state index contributed by atoms with van der Waals surface area (Å²) in [5, 5.41) is 0. The molecule has 0 aromatic heterocycles.